The highest BCUT2D eigenvalue weighted by atomic mass is 16.3. The van der Waals surface area contributed by atoms with E-state index in [1.165, 1.54) is 6.20 Å². The predicted molar refractivity (Wildman–Crippen MR) is 52.7 cm³/mol. The molecule has 2 rings (SSSR count). The van der Waals surface area contributed by atoms with Gasteiger partial charge in [-0.2, -0.15) is 5.26 Å². The summed E-state index contributed by atoms with van der Waals surface area (Å²) >= 11 is 0. The van der Waals surface area contributed by atoms with E-state index in [0.29, 0.717) is 5.56 Å². The van der Waals surface area contributed by atoms with Crippen molar-refractivity contribution in [2.75, 3.05) is 0 Å². The molecule has 0 saturated carbocycles. The highest BCUT2D eigenvalue weighted by molar-refractivity contribution is 5.75. The van der Waals surface area contributed by atoms with Crippen molar-refractivity contribution in [2.45, 2.75) is 12.2 Å². The second-order valence-electron chi connectivity index (χ2n) is 3.20. The van der Waals surface area contributed by atoms with Crippen molar-refractivity contribution in [3.63, 3.8) is 0 Å². The highest BCUT2D eigenvalue weighted by Crippen LogP contribution is 2.19. The fourth-order valence-electron chi connectivity index (χ4n) is 1.36. The molecule has 0 saturated heterocycles. The largest absolute Gasteiger partial charge is 0.384 e. The van der Waals surface area contributed by atoms with Crippen molar-refractivity contribution in [1.82, 2.24) is 9.97 Å². The van der Waals surface area contributed by atoms with Gasteiger partial charge in [0.15, 0.2) is 6.10 Å². The lowest BCUT2D eigenvalue weighted by Crippen LogP contribution is -2.15. The van der Waals surface area contributed by atoms with E-state index in [1.54, 1.807) is 24.4 Å². The molecule has 0 aliphatic rings. The number of aromatic amines is 1. The minimum absolute atomic E-state index is 0.416. The van der Waals surface area contributed by atoms with Gasteiger partial charge >= 0.3 is 0 Å². The lowest BCUT2D eigenvalue weighted by Gasteiger charge is -2.11. The van der Waals surface area contributed by atoms with Gasteiger partial charge in [0.05, 0.1) is 17.1 Å². The molecule has 0 amide bonds. The first-order valence-corrected chi connectivity index (χ1v) is 4.41. The molecule has 0 spiro atoms. The van der Waals surface area contributed by atoms with Gasteiger partial charge < -0.3 is 15.2 Å². The average molecular weight is 203 g/mol. The van der Waals surface area contributed by atoms with E-state index in [1.807, 2.05) is 0 Å². The van der Waals surface area contributed by atoms with Crippen LogP contribution >= 0.6 is 0 Å². The van der Waals surface area contributed by atoms with E-state index < -0.39 is 12.2 Å². The third-order valence-corrected chi connectivity index (χ3v) is 2.19. The zero-order chi connectivity index (χ0) is 10.8. The average Bonchev–Trinajstić information content (AvgIpc) is 2.73. The van der Waals surface area contributed by atoms with Crippen LogP contribution in [0.4, 0.5) is 0 Å². The number of nitrogens with one attached hydrogen (secondary N) is 1. The number of pyridine rings is 1. The molecule has 3 N–H and O–H groups in total. The zero-order valence-electron chi connectivity index (χ0n) is 7.75. The van der Waals surface area contributed by atoms with Crippen LogP contribution in [0.5, 0.6) is 0 Å². The summed E-state index contributed by atoms with van der Waals surface area (Å²) in [5.74, 6) is 0. The minimum atomic E-state index is -1.43. The van der Waals surface area contributed by atoms with Gasteiger partial charge in [-0.3, -0.25) is 4.98 Å². The molecule has 0 aromatic carbocycles. The molecule has 0 aliphatic carbocycles. The molecule has 15 heavy (non-hydrogen) atoms. The number of aromatic nitrogens is 2. The van der Waals surface area contributed by atoms with Crippen molar-refractivity contribution in [2.24, 2.45) is 0 Å². The van der Waals surface area contributed by atoms with Gasteiger partial charge in [-0.25, -0.2) is 0 Å². The normalized spacial score (nSPS) is 14.7. The number of hydrogen-bond donors (Lipinski definition) is 3. The van der Waals surface area contributed by atoms with Gasteiger partial charge in [0, 0.05) is 18.0 Å². The molecule has 76 valence electrons. The molecule has 0 radical (unpaired) electrons. The molecule has 5 nitrogen and oxygen atoms in total. The first-order chi connectivity index (χ1) is 7.22. The SMILES string of the molecule is N#CC(O)C(O)c1cnc2cc[nH]c2c1. The Morgan fingerprint density at radius 1 is 1.47 bits per heavy atom. The maximum atomic E-state index is 9.56. The third-order valence-electron chi connectivity index (χ3n) is 2.19. The maximum Gasteiger partial charge on any atom is 0.170 e. The van der Waals surface area contributed by atoms with E-state index in [-0.39, 0.29) is 0 Å². The van der Waals surface area contributed by atoms with Crippen LogP contribution < -0.4 is 0 Å². The summed E-state index contributed by atoms with van der Waals surface area (Å²) in [7, 11) is 0. The van der Waals surface area contributed by atoms with Gasteiger partial charge in [-0.05, 0) is 12.1 Å². The Morgan fingerprint density at radius 2 is 2.27 bits per heavy atom. The number of rotatable bonds is 2. The van der Waals surface area contributed by atoms with Crippen molar-refractivity contribution in [3.05, 3.63) is 30.1 Å². The Morgan fingerprint density at radius 3 is 3.00 bits per heavy atom. The summed E-state index contributed by atoms with van der Waals surface area (Å²) in [5, 5.41) is 27.2. The van der Waals surface area contributed by atoms with Crippen LogP contribution in [0, 0.1) is 11.3 Å². The van der Waals surface area contributed by atoms with Gasteiger partial charge in [-0.15, -0.1) is 0 Å². The minimum Gasteiger partial charge on any atom is -0.384 e. The molecular formula is C10H9N3O2. The van der Waals surface area contributed by atoms with Crippen molar-refractivity contribution >= 4 is 11.0 Å². The van der Waals surface area contributed by atoms with E-state index in [4.69, 9.17) is 10.4 Å². The topological polar surface area (TPSA) is 92.9 Å². The number of aliphatic hydroxyl groups is 2. The molecule has 2 aromatic heterocycles. The van der Waals surface area contributed by atoms with Crippen molar-refractivity contribution < 1.29 is 10.2 Å². The molecular weight excluding hydrogens is 194 g/mol. The molecule has 2 heterocycles. The Hall–Kier alpha value is -1.90. The summed E-state index contributed by atoms with van der Waals surface area (Å²) in [6.45, 7) is 0. The van der Waals surface area contributed by atoms with Gasteiger partial charge in [0.2, 0.25) is 0 Å². The van der Waals surface area contributed by atoms with Crippen LogP contribution in [-0.2, 0) is 0 Å². The Bertz CT molecular complexity index is 515. The summed E-state index contributed by atoms with van der Waals surface area (Å²) in [6, 6.07) is 5.03. The number of aliphatic hydroxyl groups excluding tert-OH is 2. The van der Waals surface area contributed by atoms with E-state index >= 15 is 0 Å². The molecule has 0 bridgehead atoms. The molecule has 2 unspecified atom stereocenters. The van der Waals surface area contributed by atoms with Gasteiger partial charge in [-0.1, -0.05) is 0 Å². The number of fused-ring (bicyclic) bond motifs is 1. The monoisotopic (exact) mass is 203 g/mol. The fraction of sp³-hybridized carbons (Fsp3) is 0.200. The summed E-state index contributed by atoms with van der Waals surface area (Å²) in [4.78, 5) is 7.00. The number of hydrogen-bond acceptors (Lipinski definition) is 4. The van der Waals surface area contributed by atoms with Crippen LogP contribution in [0.15, 0.2) is 24.5 Å². The lowest BCUT2D eigenvalue weighted by molar-refractivity contribution is 0.0527. The smallest absolute Gasteiger partial charge is 0.170 e. The van der Waals surface area contributed by atoms with E-state index in [9.17, 15) is 5.11 Å². The van der Waals surface area contributed by atoms with Crippen LogP contribution in [0.2, 0.25) is 0 Å². The summed E-state index contributed by atoms with van der Waals surface area (Å²) in [5.41, 5.74) is 1.95. The van der Waals surface area contributed by atoms with Crippen molar-refractivity contribution in [1.29, 1.82) is 5.26 Å². The molecule has 2 atom stereocenters. The summed E-state index contributed by atoms with van der Waals surface area (Å²) in [6.07, 6.45) is 0.519. The zero-order valence-corrected chi connectivity index (χ0v) is 7.75. The van der Waals surface area contributed by atoms with Crippen LogP contribution in [0.3, 0.4) is 0 Å². The number of nitrogens with zero attached hydrogens (tertiary/aromatic N) is 2. The van der Waals surface area contributed by atoms with Crippen LogP contribution in [0.1, 0.15) is 11.7 Å². The predicted octanol–water partition coefficient (Wildman–Crippen LogP) is 0.481. The lowest BCUT2D eigenvalue weighted by atomic mass is 10.1. The Balaban J connectivity index is 2.40. The molecule has 0 aliphatic heterocycles. The number of nitriles is 1. The molecule has 2 aromatic rings. The van der Waals surface area contributed by atoms with E-state index in [2.05, 4.69) is 9.97 Å². The highest BCUT2D eigenvalue weighted by Gasteiger charge is 2.18. The van der Waals surface area contributed by atoms with Gasteiger partial charge in [0.25, 0.3) is 0 Å². The first kappa shape index (κ1) is 9.65. The standard InChI is InChI=1S/C10H9N3O2/c11-4-9(14)10(15)6-3-8-7(13-5-6)1-2-12-8/h1-3,5,9-10,12,14-15H. The fourth-order valence-corrected chi connectivity index (χ4v) is 1.36. The first-order valence-electron chi connectivity index (χ1n) is 4.41. The second kappa shape index (κ2) is 3.69. The number of H-pyrrole nitrogens is 1. The Labute approximate surface area is 85.6 Å². The van der Waals surface area contributed by atoms with Crippen LogP contribution in [0.25, 0.3) is 11.0 Å². The third kappa shape index (κ3) is 1.68. The van der Waals surface area contributed by atoms with Crippen molar-refractivity contribution in [3.8, 4) is 6.07 Å². The quantitative estimate of drug-likeness (QED) is 0.619. The molecule has 5 heteroatoms. The Kier molecular flexibility index (Phi) is 2.37. The maximum absolute atomic E-state index is 9.56. The molecule has 0 fully saturated rings. The van der Waals surface area contributed by atoms with Crippen LogP contribution in [-0.4, -0.2) is 26.3 Å². The second-order valence-corrected chi connectivity index (χ2v) is 3.20. The van der Waals surface area contributed by atoms with E-state index in [0.717, 1.165) is 11.0 Å². The van der Waals surface area contributed by atoms with Gasteiger partial charge in [0.1, 0.15) is 6.10 Å². The summed E-state index contributed by atoms with van der Waals surface area (Å²) < 4.78 is 0.